The van der Waals surface area contributed by atoms with E-state index in [0.717, 1.165) is 26.2 Å². The SMILES string of the molecule is CNCC(=O)N1CCN(c2ccccc2C(C)(C)C)CC1. The summed E-state index contributed by atoms with van der Waals surface area (Å²) in [6, 6.07) is 8.62. The maximum Gasteiger partial charge on any atom is 0.236 e. The van der Waals surface area contributed by atoms with Gasteiger partial charge >= 0.3 is 0 Å². The summed E-state index contributed by atoms with van der Waals surface area (Å²) < 4.78 is 0. The van der Waals surface area contributed by atoms with E-state index in [1.165, 1.54) is 11.3 Å². The van der Waals surface area contributed by atoms with Gasteiger partial charge in [0.1, 0.15) is 0 Å². The Bertz CT molecular complexity index is 485. The number of anilines is 1. The van der Waals surface area contributed by atoms with E-state index in [1.54, 1.807) is 0 Å². The number of hydrogen-bond donors (Lipinski definition) is 1. The number of likely N-dealkylation sites (N-methyl/N-ethyl adjacent to an activating group) is 1. The third kappa shape index (κ3) is 3.76. The monoisotopic (exact) mass is 289 g/mol. The highest BCUT2D eigenvalue weighted by Gasteiger charge is 2.25. The molecule has 4 heteroatoms. The second-order valence-electron chi connectivity index (χ2n) is 6.67. The standard InChI is InChI=1S/C17H27N3O/c1-17(2,3)14-7-5-6-8-15(14)19-9-11-20(12-10-19)16(21)13-18-4/h5-8,18H,9-13H2,1-4H3. The minimum atomic E-state index is 0.135. The van der Waals surface area contributed by atoms with Gasteiger partial charge in [0.2, 0.25) is 5.91 Å². The van der Waals surface area contributed by atoms with Gasteiger partial charge in [-0.05, 0) is 24.1 Å². The van der Waals surface area contributed by atoms with Crippen molar-refractivity contribution >= 4 is 11.6 Å². The Balaban J connectivity index is 2.08. The molecule has 1 N–H and O–H groups in total. The van der Waals surface area contributed by atoms with Gasteiger partial charge in [0.05, 0.1) is 6.54 Å². The highest BCUT2D eigenvalue weighted by Crippen LogP contribution is 2.32. The van der Waals surface area contributed by atoms with Crippen LogP contribution in [0, 0.1) is 0 Å². The van der Waals surface area contributed by atoms with Gasteiger partial charge in [-0.25, -0.2) is 0 Å². The maximum absolute atomic E-state index is 11.9. The van der Waals surface area contributed by atoms with Crippen LogP contribution in [-0.2, 0) is 10.2 Å². The van der Waals surface area contributed by atoms with Crippen molar-refractivity contribution in [1.29, 1.82) is 0 Å². The molecule has 1 saturated heterocycles. The number of carbonyl (C=O) groups excluding carboxylic acids is 1. The van der Waals surface area contributed by atoms with Crippen LogP contribution in [0.25, 0.3) is 0 Å². The first-order valence-electron chi connectivity index (χ1n) is 7.70. The molecule has 4 nitrogen and oxygen atoms in total. The van der Waals surface area contributed by atoms with Crippen molar-refractivity contribution in [1.82, 2.24) is 10.2 Å². The zero-order valence-electron chi connectivity index (χ0n) is 13.6. The molecule has 0 saturated carbocycles. The zero-order valence-corrected chi connectivity index (χ0v) is 13.6. The predicted octanol–water partition coefficient (Wildman–Crippen LogP) is 1.85. The molecule has 0 spiro atoms. The summed E-state index contributed by atoms with van der Waals surface area (Å²) in [5.41, 5.74) is 2.82. The van der Waals surface area contributed by atoms with Gasteiger partial charge in [0.15, 0.2) is 0 Å². The van der Waals surface area contributed by atoms with Crippen molar-refractivity contribution in [2.24, 2.45) is 0 Å². The molecule has 0 aliphatic carbocycles. The van der Waals surface area contributed by atoms with Gasteiger partial charge < -0.3 is 15.1 Å². The van der Waals surface area contributed by atoms with Crippen molar-refractivity contribution in [3.05, 3.63) is 29.8 Å². The fourth-order valence-corrected chi connectivity index (χ4v) is 2.84. The molecular formula is C17H27N3O. The highest BCUT2D eigenvalue weighted by atomic mass is 16.2. The van der Waals surface area contributed by atoms with Crippen LogP contribution >= 0.6 is 0 Å². The van der Waals surface area contributed by atoms with E-state index in [0.29, 0.717) is 6.54 Å². The molecular weight excluding hydrogens is 262 g/mol. The predicted molar refractivity (Wildman–Crippen MR) is 87.9 cm³/mol. The van der Waals surface area contributed by atoms with Crippen molar-refractivity contribution in [2.45, 2.75) is 26.2 Å². The summed E-state index contributed by atoms with van der Waals surface area (Å²) >= 11 is 0. The number of rotatable bonds is 3. The van der Waals surface area contributed by atoms with Gasteiger partial charge in [0, 0.05) is 31.9 Å². The van der Waals surface area contributed by atoms with Crippen LogP contribution in [0.2, 0.25) is 0 Å². The molecule has 1 amide bonds. The van der Waals surface area contributed by atoms with Gasteiger partial charge in [-0.15, -0.1) is 0 Å². The van der Waals surface area contributed by atoms with Gasteiger partial charge in [-0.1, -0.05) is 39.0 Å². The first-order chi connectivity index (χ1) is 9.93. The molecule has 1 aliphatic rings. The van der Waals surface area contributed by atoms with Crippen molar-refractivity contribution in [3.63, 3.8) is 0 Å². The average Bonchev–Trinajstić information content (AvgIpc) is 2.47. The molecule has 116 valence electrons. The van der Waals surface area contributed by atoms with Crippen molar-refractivity contribution in [2.75, 3.05) is 44.7 Å². The highest BCUT2D eigenvalue weighted by molar-refractivity contribution is 5.78. The van der Waals surface area contributed by atoms with E-state index >= 15 is 0 Å². The molecule has 0 bridgehead atoms. The number of nitrogens with zero attached hydrogens (tertiary/aromatic N) is 2. The lowest BCUT2D eigenvalue weighted by Gasteiger charge is -2.38. The number of amides is 1. The second-order valence-corrected chi connectivity index (χ2v) is 6.67. The van der Waals surface area contributed by atoms with E-state index in [-0.39, 0.29) is 11.3 Å². The summed E-state index contributed by atoms with van der Waals surface area (Å²) in [5, 5.41) is 2.93. The van der Waals surface area contributed by atoms with Crippen LogP contribution in [0.4, 0.5) is 5.69 Å². The number of carbonyl (C=O) groups is 1. The van der Waals surface area contributed by atoms with E-state index in [1.807, 2.05) is 11.9 Å². The van der Waals surface area contributed by atoms with E-state index in [9.17, 15) is 4.79 Å². The minimum Gasteiger partial charge on any atom is -0.368 e. The smallest absolute Gasteiger partial charge is 0.236 e. The second kappa shape index (κ2) is 6.48. The van der Waals surface area contributed by atoms with Crippen LogP contribution in [0.15, 0.2) is 24.3 Å². The first kappa shape index (κ1) is 15.8. The Hall–Kier alpha value is -1.55. The number of piperazine rings is 1. The van der Waals surface area contributed by atoms with E-state index in [2.05, 4.69) is 55.3 Å². The van der Waals surface area contributed by atoms with Gasteiger partial charge in [0.25, 0.3) is 0 Å². The van der Waals surface area contributed by atoms with Crippen LogP contribution in [0.5, 0.6) is 0 Å². The van der Waals surface area contributed by atoms with Gasteiger partial charge in [-0.2, -0.15) is 0 Å². The fraction of sp³-hybridized carbons (Fsp3) is 0.588. The molecule has 0 unspecified atom stereocenters. The lowest BCUT2D eigenvalue weighted by molar-refractivity contribution is -0.130. The molecule has 0 aromatic heterocycles. The zero-order chi connectivity index (χ0) is 15.5. The summed E-state index contributed by atoms with van der Waals surface area (Å²) in [7, 11) is 1.81. The first-order valence-corrected chi connectivity index (χ1v) is 7.70. The number of nitrogens with one attached hydrogen (secondary N) is 1. The number of para-hydroxylation sites is 1. The van der Waals surface area contributed by atoms with E-state index in [4.69, 9.17) is 0 Å². The topological polar surface area (TPSA) is 35.6 Å². The molecule has 2 rings (SSSR count). The summed E-state index contributed by atoms with van der Waals surface area (Å²) in [6.07, 6.45) is 0. The van der Waals surface area contributed by atoms with Crippen molar-refractivity contribution < 1.29 is 4.79 Å². The molecule has 1 heterocycles. The molecule has 1 aromatic rings. The Morgan fingerprint density at radius 2 is 1.76 bits per heavy atom. The van der Waals surface area contributed by atoms with Crippen LogP contribution in [0.3, 0.4) is 0 Å². The van der Waals surface area contributed by atoms with Crippen molar-refractivity contribution in [3.8, 4) is 0 Å². The lowest BCUT2D eigenvalue weighted by atomic mass is 9.85. The molecule has 1 aromatic carbocycles. The third-order valence-corrected chi connectivity index (χ3v) is 4.01. The minimum absolute atomic E-state index is 0.135. The fourth-order valence-electron chi connectivity index (χ4n) is 2.84. The molecule has 21 heavy (non-hydrogen) atoms. The molecule has 0 atom stereocenters. The average molecular weight is 289 g/mol. The Labute approximate surface area is 128 Å². The third-order valence-electron chi connectivity index (χ3n) is 4.01. The molecule has 1 fully saturated rings. The number of benzene rings is 1. The Kier molecular flexibility index (Phi) is 4.88. The molecule has 1 aliphatic heterocycles. The quantitative estimate of drug-likeness (QED) is 0.922. The van der Waals surface area contributed by atoms with Crippen LogP contribution in [-0.4, -0.2) is 50.6 Å². The summed E-state index contributed by atoms with van der Waals surface area (Å²) in [5.74, 6) is 0.196. The van der Waals surface area contributed by atoms with Gasteiger partial charge in [-0.3, -0.25) is 4.79 Å². The maximum atomic E-state index is 11.9. The van der Waals surface area contributed by atoms with E-state index < -0.39 is 0 Å². The van der Waals surface area contributed by atoms with Crippen LogP contribution in [0.1, 0.15) is 26.3 Å². The summed E-state index contributed by atoms with van der Waals surface area (Å²) in [6.45, 7) is 10.6. The lowest BCUT2D eigenvalue weighted by Crippen LogP contribution is -2.51. The Morgan fingerprint density at radius 1 is 1.14 bits per heavy atom. The van der Waals surface area contributed by atoms with Crippen LogP contribution < -0.4 is 10.2 Å². The molecule has 0 radical (unpaired) electrons. The Morgan fingerprint density at radius 3 is 2.33 bits per heavy atom. The largest absolute Gasteiger partial charge is 0.368 e. The normalized spacial score (nSPS) is 16.2. The summed E-state index contributed by atoms with van der Waals surface area (Å²) in [4.78, 5) is 16.3. The number of hydrogen-bond acceptors (Lipinski definition) is 3.